The molecule has 3 heterocycles. The zero-order valence-electron chi connectivity index (χ0n) is 20.0. The van der Waals surface area contributed by atoms with E-state index in [0.717, 1.165) is 19.3 Å². The molecule has 1 amide bonds. The van der Waals surface area contributed by atoms with Gasteiger partial charge in [-0.2, -0.15) is 18.3 Å². The van der Waals surface area contributed by atoms with Gasteiger partial charge < -0.3 is 20.6 Å². The Balaban J connectivity index is 1.27. The Bertz CT molecular complexity index is 1170. The number of amides is 1. The molecule has 0 spiro atoms. The lowest BCUT2D eigenvalue weighted by Crippen LogP contribution is -2.55. The monoisotopic (exact) mass is 505 g/mol. The molecule has 2 unspecified atom stereocenters. The molecule has 2 aromatic rings. The molecule has 5 fully saturated rings. The zero-order valence-corrected chi connectivity index (χ0v) is 20.0. The third-order valence-electron chi connectivity index (χ3n) is 8.60. The molecule has 0 aromatic carbocycles. The van der Waals surface area contributed by atoms with Gasteiger partial charge >= 0.3 is 6.18 Å². The highest BCUT2D eigenvalue weighted by Crippen LogP contribution is 2.60. The predicted octanol–water partition coefficient (Wildman–Crippen LogP) is 2.62. The minimum absolute atomic E-state index is 0.0910. The number of nitrogens with zero attached hydrogens (tertiary/aromatic N) is 6. The first-order chi connectivity index (χ1) is 17.0. The number of anilines is 2. The minimum Gasteiger partial charge on any atom is -0.390 e. The van der Waals surface area contributed by atoms with Gasteiger partial charge in [0.25, 0.3) is 5.91 Å². The number of alkyl halides is 3. The molecule has 7 rings (SSSR count). The number of halogens is 3. The zero-order chi connectivity index (χ0) is 25.4. The smallest absolute Gasteiger partial charge is 0.390 e. The first kappa shape index (κ1) is 23.5. The molecule has 2 aromatic heterocycles. The highest BCUT2D eigenvalue weighted by molar-refractivity contribution is 5.90. The van der Waals surface area contributed by atoms with Crippen molar-refractivity contribution in [3.8, 4) is 0 Å². The van der Waals surface area contributed by atoms with E-state index < -0.39 is 23.4 Å². The number of aromatic nitrogens is 4. The number of piperazine rings is 1. The Morgan fingerprint density at radius 2 is 1.92 bits per heavy atom. The van der Waals surface area contributed by atoms with Crippen molar-refractivity contribution in [1.82, 2.24) is 19.7 Å². The van der Waals surface area contributed by atoms with Gasteiger partial charge in [0.2, 0.25) is 5.95 Å². The Morgan fingerprint density at radius 1 is 1.19 bits per heavy atom. The Labute approximate surface area is 206 Å². The maximum Gasteiger partial charge on any atom is 0.437 e. The summed E-state index contributed by atoms with van der Waals surface area (Å²) in [6.45, 7) is 2.92. The molecule has 4 aliphatic carbocycles. The lowest BCUT2D eigenvalue weighted by molar-refractivity contribution is -0.152. The molecule has 36 heavy (non-hydrogen) atoms. The standard InChI is InChI=1S/C24H30F3N7O2/c1-13-11-32(4-5-33(13)22-29-3-2-17(30-22)21(28)35)18-12-34(31-20(18)24(25,26)27)19-15-6-14-7-16(19)10-23(36,8-14)9-15/h2-3,12-16,19,36H,4-11H2,1H3,(H2,28,35)/t13-,14?,15?,16?,19?,23?/m1/s1. The molecule has 1 aliphatic heterocycles. The number of aliphatic hydroxyl groups is 1. The summed E-state index contributed by atoms with van der Waals surface area (Å²) >= 11 is 0. The molecule has 4 saturated carbocycles. The molecule has 12 heteroatoms. The minimum atomic E-state index is -4.58. The normalized spacial score (nSPS) is 33.9. The Hall–Kier alpha value is -2.89. The molecule has 3 atom stereocenters. The maximum atomic E-state index is 14.1. The molecule has 1 saturated heterocycles. The number of primary amides is 1. The van der Waals surface area contributed by atoms with E-state index >= 15 is 0 Å². The molecule has 4 bridgehead atoms. The van der Waals surface area contributed by atoms with Gasteiger partial charge in [0.05, 0.1) is 17.3 Å². The number of hydrogen-bond acceptors (Lipinski definition) is 7. The van der Waals surface area contributed by atoms with Crippen molar-refractivity contribution in [2.24, 2.45) is 23.5 Å². The van der Waals surface area contributed by atoms with Gasteiger partial charge in [-0.25, -0.2) is 9.97 Å². The molecular weight excluding hydrogens is 475 g/mol. The Morgan fingerprint density at radius 3 is 2.53 bits per heavy atom. The summed E-state index contributed by atoms with van der Waals surface area (Å²) in [5.41, 5.74) is 4.00. The van der Waals surface area contributed by atoms with Gasteiger partial charge in [-0.3, -0.25) is 9.48 Å². The third-order valence-corrected chi connectivity index (χ3v) is 8.60. The fraction of sp³-hybridized carbons (Fsp3) is 0.667. The van der Waals surface area contributed by atoms with E-state index in [2.05, 4.69) is 15.1 Å². The van der Waals surface area contributed by atoms with Crippen LogP contribution in [0.15, 0.2) is 18.5 Å². The van der Waals surface area contributed by atoms with Gasteiger partial charge in [-0.1, -0.05) is 0 Å². The van der Waals surface area contributed by atoms with Crippen molar-refractivity contribution in [2.75, 3.05) is 29.4 Å². The van der Waals surface area contributed by atoms with Crippen LogP contribution in [0.25, 0.3) is 0 Å². The van der Waals surface area contributed by atoms with Gasteiger partial charge in [0, 0.05) is 38.1 Å². The van der Waals surface area contributed by atoms with Crippen LogP contribution in [0.1, 0.15) is 61.3 Å². The molecule has 0 radical (unpaired) electrons. The quantitative estimate of drug-likeness (QED) is 0.657. The fourth-order valence-electron chi connectivity index (χ4n) is 7.45. The molecule has 5 aliphatic rings. The van der Waals surface area contributed by atoms with E-state index in [9.17, 15) is 23.1 Å². The van der Waals surface area contributed by atoms with E-state index in [0.29, 0.717) is 44.3 Å². The van der Waals surface area contributed by atoms with Crippen LogP contribution in [0.2, 0.25) is 0 Å². The number of nitrogens with two attached hydrogens (primary N) is 1. The SMILES string of the molecule is C[C@@H]1CN(c2cn(C3C4CC5CC3CC(O)(C5)C4)nc2C(F)(F)F)CCN1c1nccc(C(N)=O)n1. The van der Waals surface area contributed by atoms with Crippen molar-refractivity contribution in [2.45, 2.75) is 62.9 Å². The molecule has 194 valence electrons. The largest absolute Gasteiger partial charge is 0.437 e. The Kier molecular flexibility index (Phi) is 5.26. The van der Waals surface area contributed by atoms with E-state index in [1.54, 1.807) is 15.8 Å². The molecule has 9 nitrogen and oxygen atoms in total. The van der Waals surface area contributed by atoms with Crippen LogP contribution in [0.3, 0.4) is 0 Å². The van der Waals surface area contributed by atoms with Crippen LogP contribution in [0.5, 0.6) is 0 Å². The maximum absolute atomic E-state index is 14.1. The van der Waals surface area contributed by atoms with Crippen LogP contribution in [0.4, 0.5) is 24.8 Å². The lowest BCUT2D eigenvalue weighted by Gasteiger charge is -2.57. The number of hydrogen-bond donors (Lipinski definition) is 2. The summed E-state index contributed by atoms with van der Waals surface area (Å²) in [6.07, 6.45) is 2.44. The lowest BCUT2D eigenvalue weighted by atomic mass is 9.52. The first-order valence-corrected chi connectivity index (χ1v) is 12.5. The van der Waals surface area contributed by atoms with Crippen molar-refractivity contribution < 1.29 is 23.1 Å². The van der Waals surface area contributed by atoms with Gasteiger partial charge in [-0.05, 0) is 62.8 Å². The average Bonchev–Trinajstić information content (AvgIpc) is 3.23. The van der Waals surface area contributed by atoms with Gasteiger partial charge in [0.1, 0.15) is 5.69 Å². The van der Waals surface area contributed by atoms with Crippen LogP contribution in [-0.2, 0) is 6.18 Å². The predicted molar refractivity (Wildman–Crippen MR) is 124 cm³/mol. The number of rotatable bonds is 4. The van der Waals surface area contributed by atoms with E-state index in [1.807, 2.05) is 11.8 Å². The average molecular weight is 506 g/mol. The summed E-state index contributed by atoms with van der Waals surface area (Å²) in [7, 11) is 0. The summed E-state index contributed by atoms with van der Waals surface area (Å²) in [4.78, 5) is 23.6. The second kappa shape index (κ2) is 8.06. The van der Waals surface area contributed by atoms with Crippen molar-refractivity contribution in [1.29, 1.82) is 0 Å². The highest BCUT2D eigenvalue weighted by Gasteiger charge is 2.56. The third kappa shape index (κ3) is 3.89. The summed E-state index contributed by atoms with van der Waals surface area (Å²) < 4.78 is 44.0. The van der Waals surface area contributed by atoms with Gasteiger partial charge in [-0.15, -0.1) is 0 Å². The number of carbonyl (C=O) groups excluding carboxylic acids is 1. The van der Waals surface area contributed by atoms with Crippen molar-refractivity contribution in [3.63, 3.8) is 0 Å². The van der Waals surface area contributed by atoms with Crippen LogP contribution in [0, 0.1) is 17.8 Å². The molecular formula is C24H30F3N7O2. The second-order valence-electron chi connectivity index (χ2n) is 11.1. The topological polar surface area (TPSA) is 113 Å². The van der Waals surface area contributed by atoms with Crippen LogP contribution in [-0.4, -0.2) is 62.0 Å². The first-order valence-electron chi connectivity index (χ1n) is 12.5. The van der Waals surface area contributed by atoms with E-state index in [-0.39, 0.29) is 35.3 Å². The van der Waals surface area contributed by atoms with Crippen molar-refractivity contribution in [3.05, 3.63) is 29.8 Å². The second-order valence-corrected chi connectivity index (χ2v) is 11.1. The van der Waals surface area contributed by atoms with E-state index in [1.165, 1.54) is 12.3 Å². The number of carbonyl (C=O) groups is 1. The highest BCUT2D eigenvalue weighted by atomic mass is 19.4. The molecule has 3 N–H and O–H groups in total. The van der Waals surface area contributed by atoms with Gasteiger partial charge in [0.15, 0.2) is 5.69 Å². The van der Waals surface area contributed by atoms with Crippen LogP contribution >= 0.6 is 0 Å². The summed E-state index contributed by atoms with van der Waals surface area (Å²) in [5, 5.41) is 15.0. The summed E-state index contributed by atoms with van der Waals surface area (Å²) in [6, 6.07) is 1.11. The van der Waals surface area contributed by atoms with Crippen LogP contribution < -0.4 is 15.5 Å². The van der Waals surface area contributed by atoms with Crippen molar-refractivity contribution >= 4 is 17.5 Å². The fourth-order valence-corrected chi connectivity index (χ4v) is 7.45. The van der Waals surface area contributed by atoms with E-state index in [4.69, 9.17) is 5.73 Å². The summed E-state index contributed by atoms with van der Waals surface area (Å²) in [5.74, 6) is 0.437.